The van der Waals surface area contributed by atoms with Gasteiger partial charge in [0.05, 0.1) is 35.8 Å². The maximum atomic E-state index is 9.11. The molecule has 0 aromatic carbocycles. The summed E-state index contributed by atoms with van der Waals surface area (Å²) in [7, 11) is 0. The summed E-state index contributed by atoms with van der Waals surface area (Å²) in [5, 5.41) is 13.7. The fraction of sp³-hybridized carbons (Fsp3) is 0.550. The Labute approximate surface area is 165 Å². The molecule has 1 fully saturated rings. The van der Waals surface area contributed by atoms with E-state index in [9.17, 15) is 0 Å². The number of anilines is 1. The van der Waals surface area contributed by atoms with Crippen LogP contribution in [0.3, 0.4) is 0 Å². The largest absolute Gasteiger partial charge is 0.495 e. The predicted molar refractivity (Wildman–Crippen MR) is 108 cm³/mol. The number of ether oxygens (including phenoxy) is 1. The lowest BCUT2D eigenvalue weighted by Gasteiger charge is -2.35. The number of hydrogen-bond acceptors (Lipinski definition) is 8. The first-order valence-electron chi connectivity index (χ1n) is 9.95. The van der Waals surface area contributed by atoms with Gasteiger partial charge in [0.2, 0.25) is 0 Å². The van der Waals surface area contributed by atoms with Gasteiger partial charge in [-0.3, -0.25) is 10.3 Å². The number of piperazine rings is 1. The first-order valence-corrected chi connectivity index (χ1v) is 9.95. The van der Waals surface area contributed by atoms with E-state index >= 15 is 0 Å². The van der Waals surface area contributed by atoms with Gasteiger partial charge >= 0.3 is 0 Å². The molecule has 8 heteroatoms. The van der Waals surface area contributed by atoms with E-state index < -0.39 is 0 Å². The molecule has 150 valence electrons. The van der Waals surface area contributed by atoms with Gasteiger partial charge in [0.1, 0.15) is 12.1 Å². The summed E-state index contributed by atoms with van der Waals surface area (Å²) in [6.07, 6.45) is 6.64. The zero-order chi connectivity index (χ0) is 19.5. The van der Waals surface area contributed by atoms with Crippen LogP contribution in [0.15, 0.2) is 41.1 Å². The Morgan fingerprint density at radius 3 is 2.79 bits per heavy atom. The lowest BCUT2D eigenvalue weighted by atomic mass is 9.90. The Bertz CT molecular complexity index is 796. The minimum atomic E-state index is 0.142. The highest BCUT2D eigenvalue weighted by Crippen LogP contribution is 2.32. The van der Waals surface area contributed by atoms with Gasteiger partial charge in [0.15, 0.2) is 0 Å². The number of aromatic nitrogens is 2. The van der Waals surface area contributed by atoms with E-state index in [1.165, 1.54) is 0 Å². The van der Waals surface area contributed by atoms with Crippen molar-refractivity contribution >= 4 is 11.5 Å². The second-order valence-corrected chi connectivity index (χ2v) is 7.60. The summed E-state index contributed by atoms with van der Waals surface area (Å²) in [6, 6.07) is 2.03. The summed E-state index contributed by atoms with van der Waals surface area (Å²) in [5.41, 5.74) is 6.02. The predicted octanol–water partition coefficient (Wildman–Crippen LogP) is 1.11. The SMILES string of the molecule is CC(C)OC1=CC=C2NN=C(c3cc(N4CCN(CCO)CC4)ncn3)C2C1. The number of rotatable bonds is 6. The van der Waals surface area contributed by atoms with Gasteiger partial charge in [-0.15, -0.1) is 0 Å². The number of allylic oxidation sites excluding steroid dienone is 4. The topological polar surface area (TPSA) is 86.1 Å². The monoisotopic (exact) mass is 384 g/mol. The molecule has 2 aliphatic heterocycles. The molecule has 1 unspecified atom stereocenters. The third kappa shape index (κ3) is 4.02. The van der Waals surface area contributed by atoms with Crippen molar-refractivity contribution in [3.63, 3.8) is 0 Å². The van der Waals surface area contributed by atoms with E-state index in [0.717, 1.165) is 67.8 Å². The molecule has 1 atom stereocenters. The minimum absolute atomic E-state index is 0.142. The summed E-state index contributed by atoms with van der Waals surface area (Å²) >= 11 is 0. The molecule has 0 radical (unpaired) electrons. The standard InChI is InChI=1S/C20H28N6O2/c1-14(2)28-15-3-4-17-16(11-15)20(24-23-17)18-12-19(22-13-21-18)26-7-5-25(6-8-26)9-10-27/h3-4,12-14,16,23,27H,5-11H2,1-2H3. The van der Waals surface area contributed by atoms with E-state index in [4.69, 9.17) is 9.84 Å². The number of hydrogen-bond donors (Lipinski definition) is 2. The quantitative estimate of drug-likeness (QED) is 0.760. The van der Waals surface area contributed by atoms with Crippen molar-refractivity contribution in [1.29, 1.82) is 0 Å². The average molecular weight is 384 g/mol. The van der Waals surface area contributed by atoms with E-state index in [-0.39, 0.29) is 18.6 Å². The normalized spacial score (nSPS) is 22.4. The Kier molecular flexibility index (Phi) is 5.59. The van der Waals surface area contributed by atoms with Gasteiger partial charge in [-0.2, -0.15) is 5.10 Å². The summed E-state index contributed by atoms with van der Waals surface area (Å²) in [6.45, 7) is 8.67. The Balaban J connectivity index is 1.47. The number of fused-ring (bicyclic) bond motifs is 1. The molecule has 2 N–H and O–H groups in total. The van der Waals surface area contributed by atoms with Crippen LogP contribution in [-0.2, 0) is 4.74 Å². The van der Waals surface area contributed by atoms with Gasteiger partial charge in [0, 0.05) is 50.9 Å². The molecule has 28 heavy (non-hydrogen) atoms. The van der Waals surface area contributed by atoms with Gasteiger partial charge < -0.3 is 14.7 Å². The molecule has 1 aromatic heterocycles. The molecule has 0 amide bonds. The third-order valence-electron chi connectivity index (χ3n) is 5.28. The molecular formula is C20H28N6O2. The number of hydrazone groups is 1. The molecule has 4 rings (SSSR count). The van der Waals surface area contributed by atoms with Gasteiger partial charge in [0.25, 0.3) is 0 Å². The lowest BCUT2D eigenvalue weighted by Crippen LogP contribution is -2.47. The minimum Gasteiger partial charge on any atom is -0.495 e. The number of β-amino-alcohol motifs (C(OH)–C–C–N with tert-alkyl or cyclic N) is 1. The van der Waals surface area contributed by atoms with Crippen LogP contribution in [0.4, 0.5) is 5.82 Å². The fourth-order valence-corrected chi connectivity index (χ4v) is 3.87. The van der Waals surface area contributed by atoms with Crippen molar-refractivity contribution in [2.45, 2.75) is 26.4 Å². The number of nitrogens with one attached hydrogen (secondary N) is 1. The van der Waals surface area contributed by atoms with Crippen molar-refractivity contribution in [2.24, 2.45) is 11.0 Å². The third-order valence-corrected chi connectivity index (χ3v) is 5.28. The fourth-order valence-electron chi connectivity index (χ4n) is 3.87. The second kappa shape index (κ2) is 8.28. The maximum Gasteiger partial charge on any atom is 0.132 e. The van der Waals surface area contributed by atoms with Crippen LogP contribution in [0, 0.1) is 5.92 Å². The van der Waals surface area contributed by atoms with Gasteiger partial charge in [-0.1, -0.05) is 0 Å². The van der Waals surface area contributed by atoms with E-state index in [1.807, 2.05) is 32.1 Å². The highest BCUT2D eigenvalue weighted by atomic mass is 16.5. The molecular weight excluding hydrogens is 356 g/mol. The van der Waals surface area contributed by atoms with E-state index in [0.29, 0.717) is 0 Å². The molecule has 1 saturated heterocycles. The van der Waals surface area contributed by atoms with Crippen LogP contribution < -0.4 is 10.3 Å². The summed E-state index contributed by atoms with van der Waals surface area (Å²) < 4.78 is 5.90. The first-order chi connectivity index (χ1) is 13.6. The molecule has 0 bridgehead atoms. The molecule has 1 aromatic rings. The number of aliphatic hydroxyl groups excluding tert-OH is 1. The Morgan fingerprint density at radius 1 is 1.21 bits per heavy atom. The first kappa shape index (κ1) is 18.9. The van der Waals surface area contributed by atoms with Crippen molar-refractivity contribution in [2.75, 3.05) is 44.2 Å². The Morgan fingerprint density at radius 2 is 2.04 bits per heavy atom. The van der Waals surface area contributed by atoms with Crippen LogP contribution in [-0.4, -0.2) is 71.1 Å². The van der Waals surface area contributed by atoms with Gasteiger partial charge in [-0.25, -0.2) is 9.97 Å². The molecule has 0 spiro atoms. The maximum absolute atomic E-state index is 9.11. The van der Waals surface area contributed by atoms with Crippen molar-refractivity contribution in [3.8, 4) is 0 Å². The van der Waals surface area contributed by atoms with Crippen molar-refractivity contribution < 1.29 is 9.84 Å². The highest BCUT2D eigenvalue weighted by molar-refractivity contribution is 6.04. The van der Waals surface area contributed by atoms with Crippen molar-refractivity contribution in [3.05, 3.63) is 41.7 Å². The van der Waals surface area contributed by atoms with Crippen LogP contribution in [0.1, 0.15) is 26.0 Å². The smallest absolute Gasteiger partial charge is 0.132 e. The van der Waals surface area contributed by atoms with Crippen LogP contribution in [0.5, 0.6) is 0 Å². The number of nitrogens with zero attached hydrogens (tertiary/aromatic N) is 5. The number of aliphatic hydroxyl groups is 1. The van der Waals surface area contributed by atoms with E-state index in [2.05, 4.69) is 30.3 Å². The molecule has 3 aliphatic rings. The summed E-state index contributed by atoms with van der Waals surface area (Å²) in [4.78, 5) is 13.5. The summed E-state index contributed by atoms with van der Waals surface area (Å²) in [5.74, 6) is 2.05. The highest BCUT2D eigenvalue weighted by Gasteiger charge is 2.32. The van der Waals surface area contributed by atoms with Crippen LogP contribution in [0.2, 0.25) is 0 Å². The van der Waals surface area contributed by atoms with E-state index in [1.54, 1.807) is 6.33 Å². The van der Waals surface area contributed by atoms with Gasteiger partial charge in [-0.05, 0) is 26.0 Å². The molecule has 3 heterocycles. The lowest BCUT2D eigenvalue weighted by molar-refractivity contribution is 0.136. The zero-order valence-corrected chi connectivity index (χ0v) is 16.5. The Hall–Kier alpha value is -2.45. The molecule has 8 nitrogen and oxygen atoms in total. The van der Waals surface area contributed by atoms with Crippen molar-refractivity contribution in [1.82, 2.24) is 20.3 Å². The zero-order valence-electron chi connectivity index (χ0n) is 16.5. The molecule has 1 aliphatic carbocycles. The second-order valence-electron chi connectivity index (χ2n) is 7.60. The average Bonchev–Trinajstić information content (AvgIpc) is 3.12. The van der Waals surface area contributed by atoms with Crippen LogP contribution >= 0.6 is 0 Å². The van der Waals surface area contributed by atoms with Crippen LogP contribution in [0.25, 0.3) is 0 Å². The molecule has 0 saturated carbocycles.